The molecule has 0 fully saturated rings. The number of halogens is 2. The molecule has 98 valence electrons. The average molecular weight is 326 g/mol. The molecular formula is C13H9BrFNO3. The molecule has 1 heterocycles. The van der Waals surface area contributed by atoms with Crippen LogP contribution in [-0.4, -0.2) is 10.7 Å². The van der Waals surface area contributed by atoms with E-state index in [0.29, 0.717) is 10.2 Å². The lowest BCUT2D eigenvalue weighted by molar-refractivity contribution is -0.191. The van der Waals surface area contributed by atoms with E-state index in [1.807, 2.05) is 13.0 Å². The number of aromatic nitrogens is 1. The van der Waals surface area contributed by atoms with Crippen LogP contribution in [0.1, 0.15) is 5.69 Å². The minimum absolute atomic E-state index is 0.132. The highest BCUT2D eigenvalue weighted by Crippen LogP contribution is 2.21. The molecule has 0 spiro atoms. The molecule has 19 heavy (non-hydrogen) atoms. The van der Waals surface area contributed by atoms with E-state index in [4.69, 9.17) is 9.59 Å². The van der Waals surface area contributed by atoms with Gasteiger partial charge in [-0.2, -0.15) is 9.59 Å². The minimum Gasteiger partial charge on any atom is -0.280 e. The third kappa shape index (κ3) is 3.71. The molecule has 0 atom stereocenters. The zero-order valence-corrected chi connectivity index (χ0v) is 11.5. The molecule has 0 aliphatic heterocycles. The highest BCUT2D eigenvalue weighted by Gasteiger charge is 2.07. The van der Waals surface area contributed by atoms with Gasteiger partial charge in [0.25, 0.3) is 5.56 Å². The first-order valence-electron chi connectivity index (χ1n) is 5.14. The average Bonchev–Trinajstić information content (AvgIpc) is 2.32. The van der Waals surface area contributed by atoms with Crippen molar-refractivity contribution in [3.8, 4) is 5.69 Å². The van der Waals surface area contributed by atoms with E-state index in [1.54, 1.807) is 12.1 Å². The zero-order valence-electron chi connectivity index (χ0n) is 9.89. The van der Waals surface area contributed by atoms with Crippen LogP contribution >= 0.6 is 15.9 Å². The molecule has 0 radical (unpaired) electrons. The first-order chi connectivity index (χ1) is 9.01. The third-order valence-electron chi connectivity index (χ3n) is 2.30. The van der Waals surface area contributed by atoms with Gasteiger partial charge in [-0.15, -0.1) is 0 Å². The Labute approximate surface area is 116 Å². The fraction of sp³-hybridized carbons (Fsp3) is 0.0769. The van der Waals surface area contributed by atoms with Gasteiger partial charge in [0.2, 0.25) is 0 Å². The summed E-state index contributed by atoms with van der Waals surface area (Å²) in [5, 5.41) is 0. The van der Waals surface area contributed by atoms with Crippen LogP contribution in [0, 0.1) is 12.7 Å². The Morgan fingerprint density at radius 3 is 2.37 bits per heavy atom. The second-order valence-electron chi connectivity index (χ2n) is 3.52. The molecular weight excluding hydrogens is 317 g/mol. The Morgan fingerprint density at radius 2 is 1.84 bits per heavy atom. The van der Waals surface area contributed by atoms with Crippen molar-refractivity contribution in [3.63, 3.8) is 0 Å². The first-order valence-corrected chi connectivity index (χ1v) is 5.94. The van der Waals surface area contributed by atoms with Gasteiger partial charge >= 0.3 is 6.15 Å². The summed E-state index contributed by atoms with van der Waals surface area (Å²) in [4.78, 5) is 28.0. The maximum Gasteiger partial charge on any atom is 0.373 e. The molecule has 0 aliphatic rings. The van der Waals surface area contributed by atoms with E-state index >= 15 is 0 Å². The highest BCUT2D eigenvalue weighted by molar-refractivity contribution is 9.10. The molecule has 2 rings (SSSR count). The van der Waals surface area contributed by atoms with Gasteiger partial charge in [0.05, 0.1) is 5.69 Å². The van der Waals surface area contributed by atoms with Crippen molar-refractivity contribution >= 4 is 22.1 Å². The summed E-state index contributed by atoms with van der Waals surface area (Å²) in [5.41, 5.74) is 1.32. The SMILES string of the molecule is Cc1cccc(=O)n1-c1ccc(F)cc1Br.O=C=O. The summed E-state index contributed by atoms with van der Waals surface area (Å²) in [6, 6.07) is 9.26. The van der Waals surface area contributed by atoms with Gasteiger partial charge in [-0.1, -0.05) is 6.07 Å². The minimum atomic E-state index is -0.336. The number of hydrogen-bond acceptors (Lipinski definition) is 3. The molecule has 1 aromatic carbocycles. The summed E-state index contributed by atoms with van der Waals surface area (Å²) in [6.45, 7) is 1.83. The van der Waals surface area contributed by atoms with Gasteiger partial charge in [-0.3, -0.25) is 9.36 Å². The van der Waals surface area contributed by atoms with Crippen LogP contribution in [0.4, 0.5) is 4.39 Å². The molecule has 0 unspecified atom stereocenters. The van der Waals surface area contributed by atoms with E-state index in [-0.39, 0.29) is 17.5 Å². The van der Waals surface area contributed by atoms with Crippen LogP contribution < -0.4 is 5.56 Å². The van der Waals surface area contributed by atoms with Crippen LogP contribution in [0.15, 0.2) is 45.7 Å². The molecule has 0 saturated carbocycles. The van der Waals surface area contributed by atoms with Gasteiger partial charge < -0.3 is 0 Å². The lowest BCUT2D eigenvalue weighted by Crippen LogP contribution is -2.19. The van der Waals surface area contributed by atoms with E-state index in [1.165, 1.54) is 22.8 Å². The molecule has 0 amide bonds. The second-order valence-corrected chi connectivity index (χ2v) is 4.37. The topological polar surface area (TPSA) is 56.1 Å². The van der Waals surface area contributed by atoms with Gasteiger partial charge in [0.1, 0.15) is 5.82 Å². The zero-order chi connectivity index (χ0) is 14.4. The summed E-state index contributed by atoms with van der Waals surface area (Å²) >= 11 is 3.25. The Balaban J connectivity index is 0.000000550. The normalized spacial score (nSPS) is 9.21. The Kier molecular flexibility index (Phi) is 5.36. The molecule has 1 aromatic heterocycles. The van der Waals surface area contributed by atoms with Crippen molar-refractivity contribution in [2.45, 2.75) is 6.92 Å². The molecule has 4 nitrogen and oxygen atoms in total. The fourth-order valence-corrected chi connectivity index (χ4v) is 2.09. The molecule has 2 aromatic rings. The Bertz CT molecular complexity index is 676. The second kappa shape index (κ2) is 6.78. The summed E-state index contributed by atoms with van der Waals surface area (Å²) < 4.78 is 15.0. The lowest BCUT2D eigenvalue weighted by Gasteiger charge is -2.11. The monoisotopic (exact) mass is 325 g/mol. The molecule has 0 aliphatic carbocycles. The van der Waals surface area contributed by atoms with Gasteiger partial charge in [-0.25, -0.2) is 4.39 Å². The first kappa shape index (κ1) is 15.0. The van der Waals surface area contributed by atoms with Crippen molar-refractivity contribution in [3.05, 3.63) is 62.7 Å². The van der Waals surface area contributed by atoms with Crippen LogP contribution in [-0.2, 0) is 9.59 Å². The van der Waals surface area contributed by atoms with Crippen LogP contribution in [0.25, 0.3) is 5.69 Å². The van der Waals surface area contributed by atoms with Crippen LogP contribution in [0.3, 0.4) is 0 Å². The maximum atomic E-state index is 12.9. The smallest absolute Gasteiger partial charge is 0.280 e. The van der Waals surface area contributed by atoms with Crippen LogP contribution in [0.2, 0.25) is 0 Å². The largest absolute Gasteiger partial charge is 0.373 e. The fourth-order valence-electron chi connectivity index (χ4n) is 1.56. The summed E-state index contributed by atoms with van der Waals surface area (Å²) in [7, 11) is 0. The highest BCUT2D eigenvalue weighted by atomic mass is 79.9. The number of nitrogens with zero attached hydrogens (tertiary/aromatic N) is 1. The number of benzene rings is 1. The van der Waals surface area contributed by atoms with E-state index in [9.17, 15) is 9.18 Å². The van der Waals surface area contributed by atoms with E-state index < -0.39 is 0 Å². The molecule has 0 bridgehead atoms. The molecule has 0 saturated heterocycles. The molecule has 0 N–H and O–H groups in total. The standard InChI is InChI=1S/C12H9BrFNO.CO2/c1-8-3-2-4-12(16)15(8)11-6-5-9(14)7-10(11)13;2-1-3/h2-7H,1H3;. The van der Waals surface area contributed by atoms with E-state index in [2.05, 4.69) is 15.9 Å². The van der Waals surface area contributed by atoms with Crippen molar-refractivity contribution in [2.24, 2.45) is 0 Å². The van der Waals surface area contributed by atoms with Crippen molar-refractivity contribution in [1.29, 1.82) is 0 Å². The summed E-state index contributed by atoms with van der Waals surface area (Å²) in [6.07, 6.45) is 0.250. The van der Waals surface area contributed by atoms with Gasteiger partial charge in [-0.05, 0) is 47.1 Å². The maximum absolute atomic E-state index is 12.9. The predicted molar refractivity (Wildman–Crippen MR) is 69.4 cm³/mol. The molecule has 6 heteroatoms. The van der Waals surface area contributed by atoms with Crippen molar-refractivity contribution in [1.82, 2.24) is 4.57 Å². The Morgan fingerprint density at radius 1 is 1.21 bits per heavy atom. The van der Waals surface area contributed by atoms with Crippen molar-refractivity contribution in [2.75, 3.05) is 0 Å². The number of aryl methyl sites for hydroxylation is 1. The number of pyridine rings is 1. The lowest BCUT2D eigenvalue weighted by atomic mass is 10.2. The van der Waals surface area contributed by atoms with Crippen LogP contribution in [0.5, 0.6) is 0 Å². The van der Waals surface area contributed by atoms with Crippen molar-refractivity contribution < 1.29 is 14.0 Å². The predicted octanol–water partition coefficient (Wildman–Crippen LogP) is 2.46. The van der Waals surface area contributed by atoms with E-state index in [0.717, 1.165) is 5.69 Å². The third-order valence-corrected chi connectivity index (χ3v) is 2.94. The van der Waals surface area contributed by atoms with Gasteiger partial charge in [0.15, 0.2) is 0 Å². The summed E-state index contributed by atoms with van der Waals surface area (Å²) in [5.74, 6) is -0.336. The Hall–Kier alpha value is -2.04. The van der Waals surface area contributed by atoms with Gasteiger partial charge in [0, 0.05) is 16.2 Å². The number of rotatable bonds is 1. The quantitative estimate of drug-likeness (QED) is 0.809. The number of hydrogen-bond donors (Lipinski definition) is 0. The number of carbonyl (C=O) groups excluding carboxylic acids is 2.